The normalized spacial score (nSPS) is 12.0. The van der Waals surface area contributed by atoms with E-state index in [0.717, 1.165) is 5.57 Å². The first-order valence-electron chi connectivity index (χ1n) is 5.25. The predicted molar refractivity (Wildman–Crippen MR) is 69.5 cm³/mol. The van der Waals surface area contributed by atoms with Gasteiger partial charge in [0.1, 0.15) is 0 Å². The van der Waals surface area contributed by atoms with Gasteiger partial charge >= 0.3 is 0 Å². The highest BCUT2D eigenvalue weighted by Crippen LogP contribution is 2.25. The van der Waals surface area contributed by atoms with Crippen molar-refractivity contribution in [3.8, 4) is 0 Å². The smallest absolute Gasteiger partial charge is 0.244 e. The minimum absolute atomic E-state index is 0.202. The van der Waals surface area contributed by atoms with Gasteiger partial charge in [-0.3, -0.25) is 0 Å². The lowest BCUT2D eigenvalue weighted by molar-refractivity contribution is 0.282. The lowest BCUT2D eigenvalue weighted by atomic mass is 10.3. The van der Waals surface area contributed by atoms with Gasteiger partial charge < -0.3 is 5.11 Å². The fraction of sp³-hybridized carbons (Fsp3) is 0.455. The van der Waals surface area contributed by atoms with Crippen molar-refractivity contribution >= 4 is 21.4 Å². The molecule has 0 saturated heterocycles. The van der Waals surface area contributed by atoms with E-state index < -0.39 is 10.0 Å². The number of sulfonamides is 1. The largest absolute Gasteiger partial charge is 0.391 e. The van der Waals surface area contributed by atoms with Crippen LogP contribution in [0.3, 0.4) is 0 Å². The van der Waals surface area contributed by atoms with E-state index in [1.165, 1.54) is 21.7 Å². The Hall–Kier alpha value is -0.690. The average Bonchev–Trinajstić information content (AvgIpc) is 2.73. The zero-order valence-electron chi connectivity index (χ0n) is 10.0. The Morgan fingerprint density at radius 1 is 1.59 bits per heavy atom. The first-order chi connectivity index (χ1) is 7.93. The molecule has 0 atom stereocenters. The minimum Gasteiger partial charge on any atom is -0.391 e. The molecule has 6 heteroatoms. The number of aliphatic hydroxyl groups is 1. The molecular weight excluding hydrogens is 258 g/mol. The summed E-state index contributed by atoms with van der Waals surface area (Å²) in [5.74, 6) is 0. The highest BCUT2D eigenvalue weighted by molar-refractivity contribution is 7.89. The fourth-order valence-corrected chi connectivity index (χ4v) is 4.26. The summed E-state index contributed by atoms with van der Waals surface area (Å²) in [7, 11) is -3.52. The standard InChI is InChI=1S/C11H17NO3S2/c1-4-12(7-9(2)3)17(14,15)11-5-6-16-10(11)8-13/h5-6,13H,2,4,7-8H2,1,3H3. The zero-order valence-corrected chi connectivity index (χ0v) is 11.6. The summed E-state index contributed by atoms with van der Waals surface area (Å²) in [6.45, 7) is 7.74. The molecule has 0 aliphatic heterocycles. The molecule has 1 heterocycles. The predicted octanol–water partition coefficient (Wildman–Crippen LogP) is 1.83. The first-order valence-corrected chi connectivity index (χ1v) is 7.57. The van der Waals surface area contributed by atoms with Crippen LogP contribution in [0.25, 0.3) is 0 Å². The van der Waals surface area contributed by atoms with E-state index in [-0.39, 0.29) is 11.5 Å². The Balaban J connectivity index is 3.13. The second-order valence-electron chi connectivity index (χ2n) is 3.75. The van der Waals surface area contributed by atoms with Crippen molar-refractivity contribution in [3.05, 3.63) is 28.5 Å². The summed E-state index contributed by atoms with van der Waals surface area (Å²) in [5.41, 5.74) is 0.788. The molecule has 0 radical (unpaired) electrons. The summed E-state index contributed by atoms with van der Waals surface area (Å²) in [6, 6.07) is 1.53. The van der Waals surface area contributed by atoms with Crippen LogP contribution in [-0.2, 0) is 16.6 Å². The van der Waals surface area contributed by atoms with Crippen molar-refractivity contribution in [2.24, 2.45) is 0 Å². The maximum absolute atomic E-state index is 12.3. The number of hydrogen-bond donors (Lipinski definition) is 1. The third-order valence-electron chi connectivity index (χ3n) is 2.26. The van der Waals surface area contributed by atoms with Crippen molar-refractivity contribution in [3.63, 3.8) is 0 Å². The number of likely N-dealkylation sites (N-methyl/N-ethyl adjacent to an activating group) is 1. The molecule has 0 aromatic carbocycles. The van der Waals surface area contributed by atoms with Crippen LogP contribution in [0.5, 0.6) is 0 Å². The molecule has 1 rings (SSSR count). The summed E-state index contributed by atoms with van der Waals surface area (Å²) in [4.78, 5) is 0.679. The number of aliphatic hydroxyl groups excluding tert-OH is 1. The molecule has 0 spiro atoms. The van der Waals surface area contributed by atoms with Crippen molar-refractivity contribution in [2.45, 2.75) is 25.3 Å². The third-order valence-corrected chi connectivity index (χ3v) is 5.31. The Morgan fingerprint density at radius 3 is 2.71 bits per heavy atom. The Kier molecular flexibility index (Phi) is 4.88. The first kappa shape index (κ1) is 14.4. The van der Waals surface area contributed by atoms with Gasteiger partial charge in [-0.25, -0.2) is 8.42 Å². The lowest BCUT2D eigenvalue weighted by Crippen LogP contribution is -2.32. The van der Waals surface area contributed by atoms with Crippen LogP contribution in [0, 0.1) is 0 Å². The van der Waals surface area contributed by atoms with Crippen LogP contribution in [0.4, 0.5) is 0 Å². The highest BCUT2D eigenvalue weighted by atomic mass is 32.2. The molecule has 0 aliphatic carbocycles. The number of hydrogen-bond acceptors (Lipinski definition) is 4. The monoisotopic (exact) mass is 275 g/mol. The van der Waals surface area contributed by atoms with Gasteiger partial charge in [-0.1, -0.05) is 19.1 Å². The van der Waals surface area contributed by atoms with E-state index in [1.54, 1.807) is 19.2 Å². The summed E-state index contributed by atoms with van der Waals surface area (Å²) in [6.07, 6.45) is 0. The quantitative estimate of drug-likeness (QED) is 0.806. The maximum Gasteiger partial charge on any atom is 0.244 e. The molecule has 96 valence electrons. The number of rotatable bonds is 6. The number of thiophene rings is 1. The van der Waals surface area contributed by atoms with E-state index >= 15 is 0 Å². The van der Waals surface area contributed by atoms with Gasteiger partial charge in [0.05, 0.1) is 11.5 Å². The van der Waals surface area contributed by atoms with E-state index in [4.69, 9.17) is 5.11 Å². The Labute approximate surface area is 106 Å². The van der Waals surface area contributed by atoms with E-state index in [9.17, 15) is 8.42 Å². The minimum atomic E-state index is -3.52. The molecule has 4 nitrogen and oxygen atoms in total. The second-order valence-corrected chi connectivity index (χ2v) is 6.66. The van der Waals surface area contributed by atoms with Gasteiger partial charge in [-0.2, -0.15) is 4.31 Å². The van der Waals surface area contributed by atoms with Crippen LogP contribution >= 0.6 is 11.3 Å². The van der Waals surface area contributed by atoms with Gasteiger partial charge in [-0.15, -0.1) is 11.3 Å². The van der Waals surface area contributed by atoms with Crippen molar-refractivity contribution in [1.29, 1.82) is 0 Å². The molecule has 1 aromatic heterocycles. The van der Waals surface area contributed by atoms with Crippen LogP contribution in [0.2, 0.25) is 0 Å². The summed E-state index contributed by atoms with van der Waals surface area (Å²) >= 11 is 1.24. The summed E-state index contributed by atoms with van der Waals surface area (Å²) in [5, 5.41) is 10.8. The van der Waals surface area contributed by atoms with E-state index in [0.29, 0.717) is 18.0 Å². The molecule has 0 fully saturated rings. The van der Waals surface area contributed by atoms with Crippen LogP contribution < -0.4 is 0 Å². The van der Waals surface area contributed by atoms with Gasteiger partial charge in [0, 0.05) is 18.0 Å². The van der Waals surface area contributed by atoms with E-state index in [1.807, 2.05) is 0 Å². The van der Waals surface area contributed by atoms with Crippen LogP contribution in [-0.4, -0.2) is 30.9 Å². The molecule has 0 unspecified atom stereocenters. The molecular formula is C11H17NO3S2. The molecule has 17 heavy (non-hydrogen) atoms. The lowest BCUT2D eigenvalue weighted by Gasteiger charge is -2.20. The summed E-state index contributed by atoms with van der Waals surface area (Å²) < 4.78 is 26.0. The van der Waals surface area contributed by atoms with Gasteiger partial charge in [0.2, 0.25) is 10.0 Å². The zero-order chi connectivity index (χ0) is 13.1. The van der Waals surface area contributed by atoms with Crippen molar-refractivity contribution < 1.29 is 13.5 Å². The van der Waals surface area contributed by atoms with Gasteiger partial charge in [0.15, 0.2) is 0 Å². The topological polar surface area (TPSA) is 57.6 Å². The SMILES string of the molecule is C=C(C)CN(CC)S(=O)(=O)c1ccsc1CO. The molecule has 1 aromatic rings. The number of nitrogens with zero attached hydrogens (tertiary/aromatic N) is 1. The van der Waals surface area contributed by atoms with Gasteiger partial charge in [0.25, 0.3) is 0 Å². The van der Waals surface area contributed by atoms with Crippen molar-refractivity contribution in [1.82, 2.24) is 4.31 Å². The van der Waals surface area contributed by atoms with Crippen LogP contribution in [0.15, 0.2) is 28.5 Å². The van der Waals surface area contributed by atoms with Gasteiger partial charge in [-0.05, 0) is 18.4 Å². The Bertz CT molecular complexity index is 491. The molecule has 0 aliphatic rings. The average molecular weight is 275 g/mol. The third kappa shape index (κ3) is 3.16. The van der Waals surface area contributed by atoms with Crippen LogP contribution in [0.1, 0.15) is 18.7 Å². The van der Waals surface area contributed by atoms with E-state index in [2.05, 4.69) is 6.58 Å². The second kappa shape index (κ2) is 5.77. The maximum atomic E-state index is 12.3. The highest BCUT2D eigenvalue weighted by Gasteiger charge is 2.26. The molecule has 0 bridgehead atoms. The Morgan fingerprint density at radius 2 is 2.24 bits per heavy atom. The molecule has 0 saturated carbocycles. The van der Waals surface area contributed by atoms with Crippen molar-refractivity contribution in [2.75, 3.05) is 13.1 Å². The molecule has 1 N–H and O–H groups in total. The fourth-order valence-electron chi connectivity index (χ4n) is 1.48. The molecule has 0 amide bonds.